The maximum absolute atomic E-state index is 10.8. The molecule has 1 heterocycles. The van der Waals surface area contributed by atoms with Crippen molar-refractivity contribution in [2.45, 2.75) is 44.1 Å². The first kappa shape index (κ1) is 13.2. The van der Waals surface area contributed by atoms with E-state index in [1.165, 1.54) is 12.8 Å². The standard InChI is InChI=1S/C16H20N2O2/c19-12-17-16(7-1-2-8-16)14-11-13(5-6-15(14)20)18-9-3-4-10-18/h5-6,11,20H,1-4,7-10H2. The van der Waals surface area contributed by atoms with E-state index in [1.807, 2.05) is 12.1 Å². The molecule has 0 bridgehead atoms. The lowest BCUT2D eigenvalue weighted by Gasteiger charge is -2.26. The molecule has 106 valence electrons. The lowest BCUT2D eigenvalue weighted by atomic mass is 9.87. The highest BCUT2D eigenvalue weighted by molar-refractivity contribution is 5.56. The van der Waals surface area contributed by atoms with Crippen molar-refractivity contribution in [3.63, 3.8) is 0 Å². The molecule has 1 aromatic carbocycles. The van der Waals surface area contributed by atoms with Gasteiger partial charge in [-0.3, -0.25) is 0 Å². The summed E-state index contributed by atoms with van der Waals surface area (Å²) < 4.78 is 0. The van der Waals surface area contributed by atoms with Crippen LogP contribution in [-0.4, -0.2) is 24.3 Å². The van der Waals surface area contributed by atoms with Crippen LogP contribution in [0.4, 0.5) is 5.69 Å². The van der Waals surface area contributed by atoms with E-state index < -0.39 is 5.54 Å². The summed E-state index contributed by atoms with van der Waals surface area (Å²) in [5, 5.41) is 10.2. The number of phenols is 1. The number of isocyanates is 1. The number of aromatic hydroxyl groups is 1. The Balaban J connectivity index is 2.02. The highest BCUT2D eigenvalue weighted by Crippen LogP contribution is 2.46. The van der Waals surface area contributed by atoms with E-state index in [-0.39, 0.29) is 5.75 Å². The molecular weight excluding hydrogens is 252 g/mol. The van der Waals surface area contributed by atoms with Crippen molar-refractivity contribution in [2.75, 3.05) is 18.0 Å². The lowest BCUT2D eigenvalue weighted by Crippen LogP contribution is -2.22. The molecule has 1 N–H and O–H groups in total. The highest BCUT2D eigenvalue weighted by Gasteiger charge is 2.38. The van der Waals surface area contributed by atoms with Crippen LogP contribution in [0, 0.1) is 0 Å². The van der Waals surface area contributed by atoms with Crippen molar-refractivity contribution in [3.8, 4) is 5.75 Å². The maximum Gasteiger partial charge on any atom is 0.235 e. The zero-order chi connectivity index (χ0) is 14.0. The largest absolute Gasteiger partial charge is 0.508 e. The van der Waals surface area contributed by atoms with E-state index in [0.717, 1.165) is 50.0 Å². The summed E-state index contributed by atoms with van der Waals surface area (Å²) in [4.78, 5) is 17.2. The SMILES string of the molecule is O=C=NC1(c2cc(N3CCCC3)ccc2O)CCCC1. The van der Waals surface area contributed by atoms with Gasteiger partial charge in [0.2, 0.25) is 6.08 Å². The predicted octanol–water partition coefficient (Wildman–Crippen LogP) is 3.10. The molecule has 1 saturated carbocycles. The third-order valence-corrected chi connectivity index (χ3v) is 4.64. The van der Waals surface area contributed by atoms with Crippen LogP contribution in [0.15, 0.2) is 23.2 Å². The van der Waals surface area contributed by atoms with Gasteiger partial charge in [-0.1, -0.05) is 12.8 Å². The third-order valence-electron chi connectivity index (χ3n) is 4.64. The molecular formula is C16H20N2O2. The zero-order valence-corrected chi connectivity index (χ0v) is 11.6. The summed E-state index contributed by atoms with van der Waals surface area (Å²) in [5.41, 5.74) is 1.37. The number of aliphatic imine (C=N–C) groups is 1. The molecule has 1 saturated heterocycles. The number of anilines is 1. The monoisotopic (exact) mass is 272 g/mol. The molecule has 3 rings (SSSR count). The van der Waals surface area contributed by atoms with E-state index in [4.69, 9.17) is 0 Å². The number of hydrogen-bond acceptors (Lipinski definition) is 4. The molecule has 4 nitrogen and oxygen atoms in total. The molecule has 0 atom stereocenters. The van der Waals surface area contributed by atoms with Gasteiger partial charge in [-0.05, 0) is 43.9 Å². The second kappa shape index (κ2) is 5.29. The van der Waals surface area contributed by atoms with Crippen LogP contribution in [0.5, 0.6) is 5.75 Å². The van der Waals surface area contributed by atoms with Crippen LogP contribution in [0.1, 0.15) is 44.1 Å². The van der Waals surface area contributed by atoms with Crippen LogP contribution in [-0.2, 0) is 10.3 Å². The van der Waals surface area contributed by atoms with Gasteiger partial charge in [-0.15, -0.1) is 0 Å². The minimum atomic E-state index is -0.554. The van der Waals surface area contributed by atoms with Gasteiger partial charge in [0.15, 0.2) is 0 Å². The van der Waals surface area contributed by atoms with Gasteiger partial charge in [0.25, 0.3) is 0 Å². The van der Waals surface area contributed by atoms with E-state index in [0.29, 0.717) is 0 Å². The Morgan fingerprint density at radius 1 is 1.15 bits per heavy atom. The quantitative estimate of drug-likeness (QED) is 0.679. The van der Waals surface area contributed by atoms with Gasteiger partial charge in [0.1, 0.15) is 11.3 Å². The molecule has 2 aliphatic rings. The van der Waals surface area contributed by atoms with Crippen molar-refractivity contribution in [1.29, 1.82) is 0 Å². The molecule has 0 radical (unpaired) electrons. The summed E-state index contributed by atoms with van der Waals surface area (Å²) in [6.45, 7) is 2.13. The topological polar surface area (TPSA) is 52.9 Å². The molecule has 0 spiro atoms. The molecule has 0 amide bonds. The first-order valence-electron chi connectivity index (χ1n) is 7.43. The predicted molar refractivity (Wildman–Crippen MR) is 77.8 cm³/mol. The Kier molecular flexibility index (Phi) is 3.49. The van der Waals surface area contributed by atoms with Gasteiger partial charge >= 0.3 is 0 Å². The van der Waals surface area contributed by atoms with Gasteiger partial charge in [0, 0.05) is 24.3 Å². The van der Waals surface area contributed by atoms with Crippen LogP contribution in [0.25, 0.3) is 0 Å². The Morgan fingerprint density at radius 3 is 2.50 bits per heavy atom. The van der Waals surface area contributed by atoms with E-state index >= 15 is 0 Å². The number of hydrogen-bond donors (Lipinski definition) is 1. The van der Waals surface area contributed by atoms with Crippen molar-refractivity contribution < 1.29 is 9.90 Å². The minimum absolute atomic E-state index is 0.244. The summed E-state index contributed by atoms with van der Waals surface area (Å²) >= 11 is 0. The number of rotatable bonds is 3. The number of nitrogens with zero attached hydrogens (tertiary/aromatic N) is 2. The molecule has 0 unspecified atom stereocenters. The maximum atomic E-state index is 10.8. The van der Waals surface area contributed by atoms with E-state index in [2.05, 4.69) is 9.89 Å². The van der Waals surface area contributed by atoms with Gasteiger partial charge in [-0.25, -0.2) is 4.79 Å². The van der Waals surface area contributed by atoms with Crippen molar-refractivity contribution in [1.82, 2.24) is 0 Å². The molecule has 4 heteroatoms. The second-order valence-corrected chi connectivity index (χ2v) is 5.84. The molecule has 1 aromatic rings. The van der Waals surface area contributed by atoms with Crippen LogP contribution in [0.2, 0.25) is 0 Å². The summed E-state index contributed by atoms with van der Waals surface area (Å²) in [7, 11) is 0. The second-order valence-electron chi connectivity index (χ2n) is 5.84. The van der Waals surface area contributed by atoms with Crippen molar-refractivity contribution >= 4 is 11.8 Å². The molecule has 1 aliphatic carbocycles. The lowest BCUT2D eigenvalue weighted by molar-refractivity contribution is 0.408. The normalized spacial score (nSPS) is 20.9. The number of carbonyl (C=O) groups excluding carboxylic acids is 1. The Labute approximate surface area is 119 Å². The number of phenolic OH excluding ortho intramolecular Hbond substituents is 1. The molecule has 20 heavy (non-hydrogen) atoms. The molecule has 2 fully saturated rings. The van der Waals surface area contributed by atoms with Crippen molar-refractivity contribution in [3.05, 3.63) is 23.8 Å². The van der Waals surface area contributed by atoms with Crippen LogP contribution >= 0.6 is 0 Å². The first-order valence-corrected chi connectivity index (χ1v) is 7.43. The number of benzene rings is 1. The highest BCUT2D eigenvalue weighted by atomic mass is 16.3. The molecule has 0 aromatic heterocycles. The third kappa shape index (κ3) is 2.20. The van der Waals surface area contributed by atoms with Gasteiger partial charge < -0.3 is 10.0 Å². The van der Waals surface area contributed by atoms with Crippen LogP contribution in [0.3, 0.4) is 0 Å². The average molecular weight is 272 g/mol. The Hall–Kier alpha value is -1.80. The van der Waals surface area contributed by atoms with E-state index in [9.17, 15) is 9.90 Å². The van der Waals surface area contributed by atoms with Crippen molar-refractivity contribution in [2.24, 2.45) is 4.99 Å². The molecule has 1 aliphatic heterocycles. The minimum Gasteiger partial charge on any atom is -0.508 e. The fraction of sp³-hybridized carbons (Fsp3) is 0.562. The Morgan fingerprint density at radius 2 is 1.85 bits per heavy atom. The van der Waals surface area contributed by atoms with Gasteiger partial charge in [0.05, 0.1) is 0 Å². The van der Waals surface area contributed by atoms with Gasteiger partial charge in [-0.2, -0.15) is 4.99 Å². The van der Waals surface area contributed by atoms with E-state index in [1.54, 1.807) is 12.1 Å². The fourth-order valence-electron chi connectivity index (χ4n) is 3.56. The first-order chi connectivity index (χ1) is 9.75. The zero-order valence-electron chi connectivity index (χ0n) is 11.6. The Bertz CT molecular complexity index is 537. The fourth-order valence-corrected chi connectivity index (χ4v) is 3.56. The smallest absolute Gasteiger partial charge is 0.235 e. The van der Waals surface area contributed by atoms with Crippen LogP contribution < -0.4 is 4.90 Å². The summed E-state index contributed by atoms with van der Waals surface area (Å²) in [6.07, 6.45) is 7.87. The summed E-state index contributed by atoms with van der Waals surface area (Å²) in [5.74, 6) is 0.244. The summed E-state index contributed by atoms with van der Waals surface area (Å²) in [6, 6.07) is 5.72. The average Bonchev–Trinajstić information content (AvgIpc) is 3.11.